The molecule has 2 heterocycles. The molecule has 22 heavy (non-hydrogen) atoms. The van der Waals surface area contributed by atoms with Gasteiger partial charge >= 0.3 is 0 Å². The van der Waals surface area contributed by atoms with Crippen molar-refractivity contribution in [2.75, 3.05) is 6.54 Å². The number of aryl methyl sites for hydroxylation is 1. The Labute approximate surface area is 127 Å². The molecule has 0 radical (unpaired) electrons. The van der Waals surface area contributed by atoms with Crippen LogP contribution < -0.4 is 5.73 Å². The Kier molecular flexibility index (Phi) is 3.60. The molecule has 0 amide bonds. The number of nitro benzene ring substituents is 1. The first-order chi connectivity index (χ1) is 10.6. The van der Waals surface area contributed by atoms with E-state index in [0.717, 1.165) is 28.3 Å². The molecule has 1 aromatic carbocycles. The SMILES string of the molecule is Cc1cccc2nc(CCN)c(-c3cccc([N+](=O)[O-])c3)n12. The van der Waals surface area contributed by atoms with Gasteiger partial charge in [-0.25, -0.2) is 4.98 Å². The van der Waals surface area contributed by atoms with Crippen LogP contribution in [-0.2, 0) is 6.42 Å². The average molecular weight is 296 g/mol. The molecule has 112 valence electrons. The molecule has 2 N–H and O–H groups in total. The van der Waals surface area contributed by atoms with Gasteiger partial charge in [0, 0.05) is 29.8 Å². The first-order valence-corrected chi connectivity index (χ1v) is 7.03. The Bertz CT molecular complexity index is 854. The van der Waals surface area contributed by atoms with E-state index in [9.17, 15) is 10.1 Å². The molecule has 3 rings (SSSR count). The molecular weight excluding hydrogens is 280 g/mol. The number of rotatable bonds is 4. The van der Waals surface area contributed by atoms with E-state index < -0.39 is 0 Å². The molecule has 6 heteroatoms. The van der Waals surface area contributed by atoms with Gasteiger partial charge in [-0.05, 0) is 25.6 Å². The number of benzene rings is 1. The number of hydrogen-bond donors (Lipinski definition) is 1. The lowest BCUT2D eigenvalue weighted by Crippen LogP contribution is -2.04. The van der Waals surface area contributed by atoms with Crippen LogP contribution in [0.15, 0.2) is 42.5 Å². The van der Waals surface area contributed by atoms with Gasteiger partial charge in [0.2, 0.25) is 0 Å². The number of imidazole rings is 1. The van der Waals surface area contributed by atoms with Crippen LogP contribution in [0.3, 0.4) is 0 Å². The summed E-state index contributed by atoms with van der Waals surface area (Å²) in [6.07, 6.45) is 0.624. The molecule has 0 aliphatic heterocycles. The van der Waals surface area contributed by atoms with Crippen LogP contribution >= 0.6 is 0 Å². The molecule has 0 unspecified atom stereocenters. The van der Waals surface area contributed by atoms with Crippen molar-refractivity contribution in [1.82, 2.24) is 9.38 Å². The van der Waals surface area contributed by atoms with Crippen molar-refractivity contribution in [2.24, 2.45) is 5.73 Å². The fourth-order valence-electron chi connectivity index (χ4n) is 2.68. The fraction of sp³-hybridized carbons (Fsp3) is 0.188. The summed E-state index contributed by atoms with van der Waals surface area (Å²) in [6.45, 7) is 2.46. The Morgan fingerprint density at radius 2 is 2.05 bits per heavy atom. The van der Waals surface area contributed by atoms with Gasteiger partial charge in [0.1, 0.15) is 5.65 Å². The Morgan fingerprint density at radius 3 is 2.77 bits per heavy atom. The van der Waals surface area contributed by atoms with Crippen molar-refractivity contribution >= 4 is 11.3 Å². The summed E-state index contributed by atoms with van der Waals surface area (Å²) in [5, 5.41) is 11.0. The number of hydrogen-bond acceptors (Lipinski definition) is 4. The second-order valence-electron chi connectivity index (χ2n) is 5.11. The molecule has 0 spiro atoms. The highest BCUT2D eigenvalue weighted by Crippen LogP contribution is 2.29. The molecule has 3 aromatic rings. The summed E-state index contributed by atoms with van der Waals surface area (Å²) in [5.74, 6) is 0. The molecular formula is C16H16N4O2. The summed E-state index contributed by atoms with van der Waals surface area (Å²) < 4.78 is 2.02. The van der Waals surface area contributed by atoms with Gasteiger partial charge in [0.05, 0.1) is 16.3 Å². The largest absolute Gasteiger partial charge is 0.330 e. The Hall–Kier alpha value is -2.73. The minimum Gasteiger partial charge on any atom is -0.330 e. The summed E-state index contributed by atoms with van der Waals surface area (Å²) in [6, 6.07) is 12.5. The number of non-ortho nitro benzene ring substituents is 1. The normalized spacial score (nSPS) is 11.0. The maximum atomic E-state index is 11.0. The monoisotopic (exact) mass is 296 g/mol. The van der Waals surface area contributed by atoms with Gasteiger partial charge in [-0.15, -0.1) is 0 Å². The molecule has 0 atom stereocenters. The van der Waals surface area contributed by atoms with Crippen molar-refractivity contribution < 1.29 is 4.92 Å². The summed E-state index contributed by atoms with van der Waals surface area (Å²) in [7, 11) is 0. The lowest BCUT2D eigenvalue weighted by atomic mass is 10.1. The van der Waals surface area contributed by atoms with Crippen molar-refractivity contribution in [1.29, 1.82) is 0 Å². The highest BCUT2D eigenvalue weighted by atomic mass is 16.6. The molecule has 6 nitrogen and oxygen atoms in total. The highest BCUT2D eigenvalue weighted by Gasteiger charge is 2.17. The number of nitrogens with two attached hydrogens (primary N) is 1. The predicted molar refractivity (Wildman–Crippen MR) is 84.8 cm³/mol. The van der Waals surface area contributed by atoms with Crippen molar-refractivity contribution in [3.63, 3.8) is 0 Å². The van der Waals surface area contributed by atoms with E-state index in [0.29, 0.717) is 13.0 Å². The number of pyridine rings is 1. The van der Waals surface area contributed by atoms with Crippen LogP contribution in [0.25, 0.3) is 16.9 Å². The van der Waals surface area contributed by atoms with Crippen LogP contribution in [0.4, 0.5) is 5.69 Å². The summed E-state index contributed by atoms with van der Waals surface area (Å²) in [4.78, 5) is 15.3. The maximum absolute atomic E-state index is 11.0. The van der Waals surface area contributed by atoms with Crippen molar-refractivity contribution in [3.05, 3.63) is 64.0 Å². The molecule has 0 bridgehead atoms. The van der Waals surface area contributed by atoms with E-state index in [1.54, 1.807) is 12.1 Å². The van der Waals surface area contributed by atoms with Gasteiger partial charge in [0.25, 0.3) is 5.69 Å². The summed E-state index contributed by atoms with van der Waals surface area (Å²) >= 11 is 0. The minimum atomic E-state index is -0.387. The molecule has 0 aliphatic carbocycles. The van der Waals surface area contributed by atoms with E-state index in [1.807, 2.05) is 35.6 Å². The molecule has 0 saturated carbocycles. The second-order valence-corrected chi connectivity index (χ2v) is 5.11. The van der Waals surface area contributed by atoms with E-state index in [2.05, 4.69) is 4.98 Å². The Balaban J connectivity index is 2.30. The molecule has 0 aliphatic rings. The van der Waals surface area contributed by atoms with Crippen molar-refractivity contribution in [2.45, 2.75) is 13.3 Å². The molecule has 0 saturated heterocycles. The Morgan fingerprint density at radius 1 is 1.27 bits per heavy atom. The highest BCUT2D eigenvalue weighted by molar-refractivity contribution is 5.70. The van der Waals surface area contributed by atoms with Crippen LogP contribution in [0.2, 0.25) is 0 Å². The smallest absolute Gasteiger partial charge is 0.270 e. The number of nitrogens with zero attached hydrogens (tertiary/aromatic N) is 3. The minimum absolute atomic E-state index is 0.0692. The van der Waals surface area contributed by atoms with Crippen molar-refractivity contribution in [3.8, 4) is 11.3 Å². The van der Waals surface area contributed by atoms with Gasteiger partial charge < -0.3 is 5.73 Å². The quantitative estimate of drug-likeness (QED) is 0.592. The molecule has 2 aromatic heterocycles. The zero-order valence-corrected chi connectivity index (χ0v) is 12.2. The van der Waals surface area contributed by atoms with Crippen LogP contribution in [0.5, 0.6) is 0 Å². The van der Waals surface area contributed by atoms with Crippen LogP contribution in [0.1, 0.15) is 11.4 Å². The van der Waals surface area contributed by atoms with E-state index in [1.165, 1.54) is 6.07 Å². The third-order valence-electron chi connectivity index (χ3n) is 3.62. The topological polar surface area (TPSA) is 86.5 Å². The standard InChI is InChI=1S/C16H16N4O2/c1-11-4-2-7-15-18-14(8-9-17)16(19(11)15)12-5-3-6-13(10-12)20(21)22/h2-7,10H,8-9,17H2,1H3. The second kappa shape index (κ2) is 5.57. The third kappa shape index (κ3) is 2.33. The number of nitro groups is 1. The lowest BCUT2D eigenvalue weighted by Gasteiger charge is -2.07. The fourth-order valence-corrected chi connectivity index (χ4v) is 2.68. The van der Waals surface area contributed by atoms with E-state index >= 15 is 0 Å². The number of aromatic nitrogens is 2. The van der Waals surface area contributed by atoms with Gasteiger partial charge in [-0.1, -0.05) is 18.2 Å². The zero-order valence-electron chi connectivity index (χ0n) is 12.2. The lowest BCUT2D eigenvalue weighted by molar-refractivity contribution is -0.384. The third-order valence-corrected chi connectivity index (χ3v) is 3.62. The van der Waals surface area contributed by atoms with Gasteiger partial charge in [-0.2, -0.15) is 0 Å². The molecule has 0 fully saturated rings. The van der Waals surface area contributed by atoms with E-state index in [-0.39, 0.29) is 10.6 Å². The number of fused-ring (bicyclic) bond motifs is 1. The first kappa shape index (κ1) is 14.2. The van der Waals surface area contributed by atoms with Crippen LogP contribution in [-0.4, -0.2) is 20.9 Å². The maximum Gasteiger partial charge on any atom is 0.270 e. The predicted octanol–water partition coefficient (Wildman–Crippen LogP) is 2.72. The van der Waals surface area contributed by atoms with E-state index in [4.69, 9.17) is 5.73 Å². The summed E-state index contributed by atoms with van der Waals surface area (Å²) in [5.41, 5.74) is 10.1. The van der Waals surface area contributed by atoms with Gasteiger partial charge in [-0.3, -0.25) is 14.5 Å². The van der Waals surface area contributed by atoms with Crippen LogP contribution in [0, 0.1) is 17.0 Å². The first-order valence-electron chi connectivity index (χ1n) is 7.03. The average Bonchev–Trinajstić information content (AvgIpc) is 2.87. The van der Waals surface area contributed by atoms with Gasteiger partial charge in [0.15, 0.2) is 0 Å². The zero-order chi connectivity index (χ0) is 15.7.